The fraction of sp³-hybridized carbons (Fsp3) is 1.00. The minimum atomic E-state index is -2.01. The molecule has 0 saturated heterocycles. The van der Waals surface area contributed by atoms with Crippen molar-refractivity contribution in [3.63, 3.8) is 0 Å². The molecule has 0 aromatic heterocycles. The summed E-state index contributed by atoms with van der Waals surface area (Å²) in [6.45, 7) is 1.38. The molecule has 0 unspecified atom stereocenters. The Morgan fingerprint density at radius 1 is 0.917 bits per heavy atom. The van der Waals surface area contributed by atoms with E-state index >= 15 is 0 Å². The van der Waals surface area contributed by atoms with Gasteiger partial charge in [-0.25, -0.2) is 4.57 Å². The Bertz CT molecular complexity index is 107. The van der Waals surface area contributed by atoms with Gasteiger partial charge in [0.15, 0.2) is 0 Å². The van der Waals surface area contributed by atoms with Gasteiger partial charge < -0.3 is 9.47 Å². The van der Waals surface area contributed by atoms with Crippen molar-refractivity contribution in [1.29, 1.82) is 0 Å². The molecule has 0 rings (SSSR count). The van der Waals surface area contributed by atoms with Crippen LogP contribution in [0, 0.1) is 0 Å². The summed E-state index contributed by atoms with van der Waals surface area (Å²) in [5.41, 5.74) is 0. The van der Waals surface area contributed by atoms with Crippen LogP contribution in [0.5, 0.6) is 0 Å². The first-order valence-corrected chi connectivity index (χ1v) is 4.61. The number of hydrogen-bond acceptors (Lipinski definition) is 5. The molecule has 0 N–H and O–H groups in total. The summed E-state index contributed by atoms with van der Waals surface area (Å²) in [5.74, 6) is 0. The first kappa shape index (κ1) is 11.9. The third kappa shape index (κ3) is 8.04. The molecule has 0 aliphatic rings. The molecule has 0 saturated carbocycles. The zero-order valence-corrected chi connectivity index (χ0v) is 8.21. The summed E-state index contributed by atoms with van der Waals surface area (Å²) in [6.07, 6.45) is 0. The van der Waals surface area contributed by atoms with Crippen molar-refractivity contribution in [2.45, 2.75) is 0 Å². The Hall–Kier alpha value is -0.0600. The lowest BCUT2D eigenvalue weighted by Gasteiger charge is -2.01. The van der Waals surface area contributed by atoms with E-state index < -0.39 is 8.25 Å². The Morgan fingerprint density at radius 2 is 1.33 bits per heavy atom. The van der Waals surface area contributed by atoms with Gasteiger partial charge in [-0.3, -0.25) is 9.05 Å². The van der Waals surface area contributed by atoms with Gasteiger partial charge in [0.25, 0.3) is 0 Å². The van der Waals surface area contributed by atoms with Gasteiger partial charge in [0, 0.05) is 14.2 Å². The largest absolute Gasteiger partial charge is 0.382 e. The van der Waals surface area contributed by atoms with Crippen LogP contribution >= 0.6 is 8.25 Å². The molecule has 5 nitrogen and oxygen atoms in total. The standard InChI is InChI=1S/C6H14O5P/c1-8-3-5-10-12(7)11-6-4-9-2/h3-6H2,1-2H3. The van der Waals surface area contributed by atoms with E-state index in [1.165, 1.54) is 0 Å². The Morgan fingerprint density at radius 3 is 1.67 bits per heavy atom. The van der Waals surface area contributed by atoms with Gasteiger partial charge in [-0.1, -0.05) is 0 Å². The Labute approximate surface area is 72.9 Å². The second kappa shape index (κ2) is 9.03. The lowest BCUT2D eigenvalue weighted by Crippen LogP contribution is -2.00. The van der Waals surface area contributed by atoms with Crippen LogP contribution in [0.15, 0.2) is 0 Å². The minimum absolute atomic E-state index is 0.276. The van der Waals surface area contributed by atoms with Gasteiger partial charge in [-0.15, -0.1) is 0 Å². The van der Waals surface area contributed by atoms with E-state index in [0.717, 1.165) is 0 Å². The quantitative estimate of drug-likeness (QED) is 0.428. The molecule has 0 heterocycles. The normalized spacial score (nSPS) is 10.2. The summed E-state index contributed by atoms with van der Waals surface area (Å²) in [4.78, 5) is 0. The van der Waals surface area contributed by atoms with Gasteiger partial charge in [0.05, 0.1) is 26.4 Å². The van der Waals surface area contributed by atoms with E-state index in [1.54, 1.807) is 14.2 Å². The smallest absolute Gasteiger partial charge is 0.368 e. The van der Waals surface area contributed by atoms with E-state index in [4.69, 9.17) is 9.05 Å². The van der Waals surface area contributed by atoms with Crippen molar-refractivity contribution >= 4 is 8.25 Å². The third-order valence-corrected chi connectivity index (χ3v) is 1.76. The van der Waals surface area contributed by atoms with Gasteiger partial charge >= 0.3 is 8.25 Å². The van der Waals surface area contributed by atoms with Crippen LogP contribution in [0.1, 0.15) is 0 Å². The number of ether oxygens (including phenoxy) is 2. The molecule has 12 heavy (non-hydrogen) atoms. The third-order valence-electron chi connectivity index (χ3n) is 0.968. The van der Waals surface area contributed by atoms with E-state index in [2.05, 4.69) is 9.47 Å². The highest BCUT2D eigenvalue weighted by atomic mass is 31.1. The zero-order valence-electron chi connectivity index (χ0n) is 7.32. The van der Waals surface area contributed by atoms with Crippen LogP contribution in [0.2, 0.25) is 0 Å². The minimum Gasteiger partial charge on any atom is -0.382 e. The maximum absolute atomic E-state index is 10.8. The molecule has 0 aromatic rings. The van der Waals surface area contributed by atoms with Crippen molar-refractivity contribution in [1.82, 2.24) is 0 Å². The molecule has 73 valence electrons. The van der Waals surface area contributed by atoms with E-state index in [9.17, 15) is 4.57 Å². The Kier molecular flexibility index (Phi) is 8.99. The van der Waals surface area contributed by atoms with Crippen molar-refractivity contribution in [3.8, 4) is 0 Å². The number of hydrogen-bond donors (Lipinski definition) is 0. The molecule has 0 aliphatic heterocycles. The summed E-state index contributed by atoms with van der Waals surface area (Å²) in [7, 11) is 1.07. The lowest BCUT2D eigenvalue weighted by atomic mass is 10.8. The van der Waals surface area contributed by atoms with E-state index in [-0.39, 0.29) is 13.2 Å². The van der Waals surface area contributed by atoms with Crippen molar-refractivity contribution < 1.29 is 23.1 Å². The second-order valence-corrected chi connectivity index (χ2v) is 2.84. The highest BCUT2D eigenvalue weighted by Crippen LogP contribution is 2.22. The maximum atomic E-state index is 10.8. The van der Waals surface area contributed by atoms with Crippen LogP contribution in [0.25, 0.3) is 0 Å². The van der Waals surface area contributed by atoms with Crippen molar-refractivity contribution in [2.75, 3.05) is 40.6 Å². The second-order valence-electron chi connectivity index (χ2n) is 1.88. The Balaban J connectivity index is 3.10. The van der Waals surface area contributed by atoms with Crippen LogP contribution in [-0.4, -0.2) is 40.6 Å². The van der Waals surface area contributed by atoms with Crippen LogP contribution in [0.4, 0.5) is 0 Å². The predicted molar refractivity (Wildman–Crippen MR) is 43.3 cm³/mol. The van der Waals surface area contributed by atoms with Crippen molar-refractivity contribution in [2.24, 2.45) is 0 Å². The van der Waals surface area contributed by atoms with E-state index in [0.29, 0.717) is 13.2 Å². The average molecular weight is 197 g/mol. The fourth-order valence-electron chi connectivity index (χ4n) is 0.428. The SMILES string of the molecule is COCCO[P](=O)OCCOC. The number of rotatable bonds is 8. The summed E-state index contributed by atoms with van der Waals surface area (Å²) >= 11 is 0. The summed E-state index contributed by atoms with van der Waals surface area (Å²) in [6, 6.07) is 0. The molecular formula is C6H14O5P. The van der Waals surface area contributed by atoms with Gasteiger partial charge in [0.1, 0.15) is 0 Å². The highest BCUT2D eigenvalue weighted by molar-refractivity contribution is 7.33. The molecule has 0 aromatic carbocycles. The molecular weight excluding hydrogens is 183 g/mol. The fourth-order valence-corrected chi connectivity index (χ4v) is 0.949. The predicted octanol–water partition coefficient (Wildman–Crippen LogP) is 0.970. The average Bonchev–Trinajstić information content (AvgIpc) is 2.06. The molecule has 0 bridgehead atoms. The molecule has 6 heteroatoms. The van der Waals surface area contributed by atoms with Crippen LogP contribution in [0.3, 0.4) is 0 Å². The monoisotopic (exact) mass is 197 g/mol. The summed E-state index contributed by atoms with van der Waals surface area (Å²) in [5, 5.41) is 0. The summed E-state index contributed by atoms with van der Waals surface area (Å²) < 4.78 is 29.6. The van der Waals surface area contributed by atoms with Crippen LogP contribution in [-0.2, 0) is 23.1 Å². The molecule has 0 fully saturated rings. The highest BCUT2D eigenvalue weighted by Gasteiger charge is 2.00. The molecule has 1 radical (unpaired) electrons. The van der Waals surface area contributed by atoms with E-state index in [1.807, 2.05) is 0 Å². The first-order chi connectivity index (χ1) is 5.81. The van der Waals surface area contributed by atoms with Crippen LogP contribution < -0.4 is 0 Å². The zero-order chi connectivity index (χ0) is 9.23. The molecule has 0 spiro atoms. The van der Waals surface area contributed by atoms with Gasteiger partial charge in [0.2, 0.25) is 0 Å². The van der Waals surface area contributed by atoms with Crippen molar-refractivity contribution in [3.05, 3.63) is 0 Å². The first-order valence-electron chi connectivity index (χ1n) is 3.52. The molecule has 0 aliphatic carbocycles. The van der Waals surface area contributed by atoms with Gasteiger partial charge in [-0.05, 0) is 0 Å². The lowest BCUT2D eigenvalue weighted by molar-refractivity contribution is 0.116. The molecule has 0 amide bonds. The van der Waals surface area contributed by atoms with Gasteiger partial charge in [-0.2, -0.15) is 0 Å². The molecule has 0 atom stereocenters. The maximum Gasteiger partial charge on any atom is 0.368 e. The topological polar surface area (TPSA) is 54.0 Å². The number of methoxy groups -OCH3 is 2.